The molecular weight excluding hydrogens is 528 g/mol. The summed E-state index contributed by atoms with van der Waals surface area (Å²) in [5.74, 6) is 1.10. The van der Waals surface area contributed by atoms with E-state index in [1.807, 2.05) is 0 Å². The molecule has 0 N–H and O–H groups in total. The molecule has 2 aliphatic rings. The van der Waals surface area contributed by atoms with Crippen LogP contribution in [0.5, 0.6) is 0 Å². The third-order valence-corrected chi connectivity index (χ3v) is 9.34. The first-order valence-corrected chi connectivity index (χ1v) is 16.3. The molecule has 0 fully saturated rings. The van der Waals surface area contributed by atoms with Gasteiger partial charge in [0.2, 0.25) is 0 Å². The van der Waals surface area contributed by atoms with E-state index in [1.54, 1.807) is 0 Å². The Labute approximate surface area is 271 Å². The van der Waals surface area contributed by atoms with Crippen molar-refractivity contribution in [1.82, 2.24) is 0 Å². The molecule has 2 rings (SSSR count). The molecule has 0 bridgehead atoms. The lowest BCUT2D eigenvalue weighted by Gasteiger charge is -2.38. The number of hydrogen-bond donors (Lipinski definition) is 0. The summed E-state index contributed by atoms with van der Waals surface area (Å²) >= 11 is 0. The molecular formula is C44H60. The Morgan fingerprint density at radius 2 is 0.841 bits per heavy atom. The molecule has 2 aliphatic carbocycles. The molecule has 0 saturated heterocycles. The summed E-state index contributed by atoms with van der Waals surface area (Å²) in [6.45, 7) is 35.7. The van der Waals surface area contributed by atoms with Gasteiger partial charge in [0.05, 0.1) is 0 Å². The highest BCUT2D eigenvalue weighted by atomic mass is 14.4. The number of allylic oxidation sites excluding steroid dienone is 24. The van der Waals surface area contributed by atoms with Gasteiger partial charge in [0.1, 0.15) is 0 Å². The van der Waals surface area contributed by atoms with Crippen LogP contribution in [0.2, 0.25) is 0 Å². The zero-order valence-corrected chi connectivity index (χ0v) is 30.1. The van der Waals surface area contributed by atoms with Crippen LogP contribution in [0.4, 0.5) is 0 Å². The predicted molar refractivity (Wildman–Crippen MR) is 200 cm³/mol. The molecule has 0 aliphatic heterocycles. The molecule has 2 atom stereocenters. The summed E-state index contributed by atoms with van der Waals surface area (Å²) in [6, 6.07) is 0. The minimum atomic E-state index is 0.178. The zero-order valence-electron chi connectivity index (χ0n) is 30.1. The quantitative estimate of drug-likeness (QED) is 0.223. The van der Waals surface area contributed by atoms with Gasteiger partial charge >= 0.3 is 0 Å². The molecule has 0 amide bonds. The topological polar surface area (TPSA) is 0 Å². The van der Waals surface area contributed by atoms with Gasteiger partial charge in [-0.25, -0.2) is 0 Å². The van der Waals surface area contributed by atoms with Crippen LogP contribution in [0.25, 0.3) is 0 Å². The van der Waals surface area contributed by atoms with Crippen LogP contribution in [0, 0.1) is 22.7 Å². The highest BCUT2D eigenvalue weighted by Gasteiger charge is 2.33. The largest absolute Gasteiger partial charge is 0.0953 e. The molecule has 2 unspecified atom stereocenters. The van der Waals surface area contributed by atoms with Crippen LogP contribution in [0.15, 0.2) is 154 Å². The van der Waals surface area contributed by atoms with Gasteiger partial charge in [0.15, 0.2) is 0 Å². The molecule has 0 aromatic carbocycles. The van der Waals surface area contributed by atoms with Gasteiger partial charge in [0.25, 0.3) is 0 Å². The molecule has 0 spiro atoms. The Morgan fingerprint density at radius 1 is 0.545 bits per heavy atom. The van der Waals surface area contributed by atoms with E-state index in [9.17, 15) is 0 Å². The molecule has 236 valence electrons. The number of hydrogen-bond acceptors (Lipinski definition) is 0. The van der Waals surface area contributed by atoms with Crippen molar-refractivity contribution in [3.05, 3.63) is 154 Å². The lowest BCUT2D eigenvalue weighted by Crippen LogP contribution is -2.25. The predicted octanol–water partition coefficient (Wildman–Crippen LogP) is 13.4. The Bertz CT molecular complexity index is 1320. The van der Waals surface area contributed by atoms with E-state index in [0.29, 0.717) is 11.8 Å². The third-order valence-electron chi connectivity index (χ3n) is 9.34. The normalized spacial score (nSPS) is 24.5. The Balaban J connectivity index is 1.95. The van der Waals surface area contributed by atoms with Gasteiger partial charge < -0.3 is 0 Å². The maximum absolute atomic E-state index is 4.33. The molecule has 0 aromatic rings. The van der Waals surface area contributed by atoms with Crippen LogP contribution in [0.3, 0.4) is 0 Å². The van der Waals surface area contributed by atoms with E-state index in [4.69, 9.17) is 0 Å². The fourth-order valence-corrected chi connectivity index (χ4v) is 6.57. The molecule has 44 heavy (non-hydrogen) atoms. The van der Waals surface area contributed by atoms with Gasteiger partial charge in [-0.3, -0.25) is 0 Å². The number of rotatable bonds is 10. The first-order chi connectivity index (χ1) is 20.5. The Morgan fingerprint density at radius 3 is 1.18 bits per heavy atom. The highest BCUT2D eigenvalue weighted by molar-refractivity contribution is 5.47. The van der Waals surface area contributed by atoms with Crippen molar-refractivity contribution in [3.63, 3.8) is 0 Å². The molecule has 0 nitrogen and oxygen atoms in total. The monoisotopic (exact) mass is 588 g/mol. The minimum Gasteiger partial charge on any atom is -0.0953 e. The summed E-state index contributed by atoms with van der Waals surface area (Å²) in [4.78, 5) is 0. The van der Waals surface area contributed by atoms with E-state index in [1.165, 1.54) is 55.7 Å². The van der Waals surface area contributed by atoms with Crippen molar-refractivity contribution in [2.75, 3.05) is 0 Å². The van der Waals surface area contributed by atoms with Gasteiger partial charge in [-0.15, -0.1) is 0 Å². The molecule has 0 radical (unpaired) electrons. The average molecular weight is 589 g/mol. The molecule has 0 aromatic heterocycles. The second-order valence-electron chi connectivity index (χ2n) is 14.5. The lowest BCUT2D eigenvalue weighted by molar-refractivity contribution is 0.344. The van der Waals surface area contributed by atoms with Crippen LogP contribution in [-0.4, -0.2) is 0 Å². The Hall–Kier alpha value is -3.38. The SMILES string of the molecule is C=C1C(C)=C(C=CC(C)=CC=CC(C)=CC=CC=C(C)C=CC=C(C)C=CC2=C(C)C(=C)C(C)CC2(C)C)C(C)(C)CC1C. The Kier molecular flexibility index (Phi) is 13.5. The van der Waals surface area contributed by atoms with Crippen LogP contribution < -0.4 is 0 Å². The maximum atomic E-state index is 4.33. The molecule has 0 heterocycles. The fourth-order valence-electron chi connectivity index (χ4n) is 6.57. The van der Waals surface area contributed by atoms with E-state index < -0.39 is 0 Å². The van der Waals surface area contributed by atoms with Gasteiger partial charge in [-0.2, -0.15) is 0 Å². The van der Waals surface area contributed by atoms with Crippen molar-refractivity contribution in [3.8, 4) is 0 Å². The van der Waals surface area contributed by atoms with E-state index in [2.05, 4.69) is 181 Å². The lowest BCUT2D eigenvalue weighted by atomic mass is 9.67. The first kappa shape index (κ1) is 36.8. The van der Waals surface area contributed by atoms with E-state index in [0.717, 1.165) is 12.8 Å². The van der Waals surface area contributed by atoms with Gasteiger partial charge in [-0.05, 0) is 110 Å². The first-order valence-electron chi connectivity index (χ1n) is 16.3. The van der Waals surface area contributed by atoms with E-state index in [-0.39, 0.29) is 10.8 Å². The maximum Gasteiger partial charge on any atom is -0.00951 e. The van der Waals surface area contributed by atoms with Crippen LogP contribution in [0.1, 0.15) is 95.9 Å². The second kappa shape index (κ2) is 16.1. The molecule has 0 saturated carbocycles. The third kappa shape index (κ3) is 10.7. The summed E-state index contributed by atoms with van der Waals surface area (Å²) in [6.07, 6.45) is 32.7. The zero-order chi connectivity index (χ0) is 33.2. The summed E-state index contributed by atoms with van der Waals surface area (Å²) < 4.78 is 0. The van der Waals surface area contributed by atoms with Crippen LogP contribution in [-0.2, 0) is 0 Å². The summed E-state index contributed by atoms with van der Waals surface area (Å²) in [5.41, 5.74) is 13.3. The summed E-state index contributed by atoms with van der Waals surface area (Å²) in [7, 11) is 0. The van der Waals surface area contributed by atoms with Crippen LogP contribution >= 0.6 is 0 Å². The highest BCUT2D eigenvalue weighted by Crippen LogP contribution is 2.46. The van der Waals surface area contributed by atoms with Crippen molar-refractivity contribution in [2.24, 2.45) is 22.7 Å². The minimum absolute atomic E-state index is 0.178. The summed E-state index contributed by atoms with van der Waals surface area (Å²) in [5, 5.41) is 0. The van der Waals surface area contributed by atoms with Crippen molar-refractivity contribution < 1.29 is 0 Å². The van der Waals surface area contributed by atoms with Crippen molar-refractivity contribution >= 4 is 0 Å². The van der Waals surface area contributed by atoms with Crippen molar-refractivity contribution in [2.45, 2.75) is 95.9 Å². The molecule has 0 heteroatoms. The van der Waals surface area contributed by atoms with Gasteiger partial charge in [0, 0.05) is 0 Å². The second-order valence-corrected chi connectivity index (χ2v) is 14.5. The van der Waals surface area contributed by atoms with Crippen molar-refractivity contribution in [1.29, 1.82) is 0 Å². The van der Waals surface area contributed by atoms with Gasteiger partial charge in [-0.1, -0.05) is 162 Å². The average Bonchev–Trinajstić information content (AvgIpc) is 2.92. The smallest absolute Gasteiger partial charge is 0.00951 e. The van der Waals surface area contributed by atoms with E-state index >= 15 is 0 Å². The standard InChI is InChI=1S/C44H60/c1-31(21-17-23-33(3)25-27-41-39(9)37(7)35(5)29-43(41,11)12)19-15-16-20-32(2)22-18-24-34(4)26-28-42-40(10)38(8)36(6)30-44(42,13)14/h15-28,35-36H,7-8,29-30H2,1-6,9-14H3. The fraction of sp³-hybridized carbons (Fsp3) is 0.409.